The number of aryl methyl sites for hydroxylation is 1. The van der Waals surface area contributed by atoms with Gasteiger partial charge in [0.05, 0.1) is 11.6 Å². The van der Waals surface area contributed by atoms with Gasteiger partial charge in [0.25, 0.3) is 0 Å². The van der Waals surface area contributed by atoms with E-state index in [1.165, 1.54) is 6.07 Å². The summed E-state index contributed by atoms with van der Waals surface area (Å²) < 4.78 is 19.5. The highest BCUT2D eigenvalue weighted by Gasteiger charge is 2.04. The lowest BCUT2D eigenvalue weighted by Gasteiger charge is -2.07. The van der Waals surface area contributed by atoms with E-state index in [4.69, 9.17) is 10.00 Å². The molecule has 0 unspecified atom stereocenters. The zero-order valence-corrected chi connectivity index (χ0v) is 11.2. The van der Waals surface area contributed by atoms with Crippen molar-refractivity contribution in [2.75, 3.05) is 0 Å². The van der Waals surface area contributed by atoms with Crippen molar-refractivity contribution in [2.45, 2.75) is 6.92 Å². The van der Waals surface area contributed by atoms with Gasteiger partial charge in [0.1, 0.15) is 17.3 Å². The van der Waals surface area contributed by atoms with E-state index in [1.807, 2.05) is 6.07 Å². The maximum absolute atomic E-state index is 13.1. The lowest BCUT2D eigenvalue weighted by atomic mass is 10.2. The first-order chi connectivity index (χ1) is 8.58. The van der Waals surface area contributed by atoms with Crippen LogP contribution in [0.3, 0.4) is 0 Å². The topological polar surface area (TPSA) is 33.0 Å². The number of nitriles is 1. The quantitative estimate of drug-likeness (QED) is 0.815. The molecule has 2 rings (SSSR count). The molecule has 2 aromatic rings. The summed E-state index contributed by atoms with van der Waals surface area (Å²) in [6, 6.07) is 11.6. The molecule has 0 radical (unpaired) electrons. The van der Waals surface area contributed by atoms with Gasteiger partial charge in [-0.05, 0) is 48.9 Å². The van der Waals surface area contributed by atoms with E-state index in [0.29, 0.717) is 22.6 Å². The molecule has 0 heterocycles. The van der Waals surface area contributed by atoms with Crippen LogP contribution in [0.2, 0.25) is 0 Å². The number of rotatable bonds is 2. The number of nitrogens with zero attached hydrogens (tertiary/aromatic N) is 1. The van der Waals surface area contributed by atoms with Crippen LogP contribution < -0.4 is 4.74 Å². The van der Waals surface area contributed by atoms with Gasteiger partial charge in [-0.1, -0.05) is 15.9 Å². The van der Waals surface area contributed by atoms with Gasteiger partial charge >= 0.3 is 0 Å². The van der Waals surface area contributed by atoms with Crippen LogP contribution in [0.25, 0.3) is 0 Å². The molecule has 0 saturated carbocycles. The van der Waals surface area contributed by atoms with E-state index in [-0.39, 0.29) is 5.82 Å². The summed E-state index contributed by atoms with van der Waals surface area (Å²) >= 11 is 3.30. The molecule has 4 heteroatoms. The zero-order valence-electron chi connectivity index (χ0n) is 9.58. The van der Waals surface area contributed by atoms with Gasteiger partial charge in [0.2, 0.25) is 0 Å². The van der Waals surface area contributed by atoms with E-state index >= 15 is 0 Å². The highest BCUT2D eigenvalue weighted by molar-refractivity contribution is 9.10. The van der Waals surface area contributed by atoms with E-state index in [2.05, 4.69) is 15.9 Å². The Bertz CT molecular complexity index is 634. The molecule has 18 heavy (non-hydrogen) atoms. The number of hydrogen-bond acceptors (Lipinski definition) is 2. The fraction of sp³-hybridized carbons (Fsp3) is 0.0714. The summed E-state index contributed by atoms with van der Waals surface area (Å²) in [5.41, 5.74) is 1.02. The Balaban J connectivity index is 2.31. The van der Waals surface area contributed by atoms with E-state index in [9.17, 15) is 4.39 Å². The van der Waals surface area contributed by atoms with Crippen LogP contribution in [-0.4, -0.2) is 0 Å². The summed E-state index contributed by atoms with van der Waals surface area (Å²) in [7, 11) is 0. The lowest BCUT2D eigenvalue weighted by molar-refractivity contribution is 0.479. The van der Waals surface area contributed by atoms with Gasteiger partial charge < -0.3 is 4.74 Å². The maximum Gasteiger partial charge on any atom is 0.129 e. The number of ether oxygens (including phenoxy) is 1. The Kier molecular flexibility index (Phi) is 3.63. The Morgan fingerprint density at radius 1 is 1.17 bits per heavy atom. The van der Waals surface area contributed by atoms with Crippen LogP contribution in [0, 0.1) is 24.1 Å². The molecule has 2 aromatic carbocycles. The first-order valence-corrected chi connectivity index (χ1v) is 6.02. The Morgan fingerprint density at radius 3 is 2.61 bits per heavy atom. The number of halogens is 2. The monoisotopic (exact) mass is 305 g/mol. The first-order valence-electron chi connectivity index (χ1n) is 5.23. The average molecular weight is 306 g/mol. The molecule has 0 saturated heterocycles. The predicted molar refractivity (Wildman–Crippen MR) is 70.1 cm³/mol. The molecule has 90 valence electrons. The van der Waals surface area contributed by atoms with Crippen LogP contribution in [0.5, 0.6) is 11.5 Å². The molecule has 0 bridgehead atoms. The molecule has 0 aliphatic heterocycles. The molecule has 0 N–H and O–H groups in total. The smallest absolute Gasteiger partial charge is 0.129 e. The second-order valence-corrected chi connectivity index (χ2v) is 4.72. The number of benzene rings is 2. The van der Waals surface area contributed by atoms with Crippen molar-refractivity contribution >= 4 is 15.9 Å². The van der Waals surface area contributed by atoms with E-state index < -0.39 is 0 Å². The average Bonchev–Trinajstić information content (AvgIpc) is 2.33. The minimum absolute atomic E-state index is 0.269. The zero-order chi connectivity index (χ0) is 13.1. The third kappa shape index (κ3) is 2.88. The molecule has 0 spiro atoms. The Hall–Kier alpha value is -1.86. The molecule has 0 aliphatic rings. The van der Waals surface area contributed by atoms with E-state index in [0.717, 1.165) is 4.47 Å². The minimum Gasteiger partial charge on any atom is -0.457 e. The third-order valence-corrected chi connectivity index (χ3v) is 2.82. The molecule has 0 fully saturated rings. The van der Waals surface area contributed by atoms with Crippen molar-refractivity contribution in [3.63, 3.8) is 0 Å². The van der Waals surface area contributed by atoms with Gasteiger partial charge in [-0.2, -0.15) is 5.26 Å². The van der Waals surface area contributed by atoms with Crippen molar-refractivity contribution in [2.24, 2.45) is 0 Å². The molecular formula is C14H9BrFNO. The fourth-order valence-corrected chi connectivity index (χ4v) is 1.98. The second kappa shape index (κ2) is 5.19. The molecule has 0 aromatic heterocycles. The first kappa shape index (κ1) is 12.6. The van der Waals surface area contributed by atoms with Gasteiger partial charge in [-0.3, -0.25) is 0 Å². The Labute approximate surface area is 113 Å². The molecule has 0 amide bonds. The molecule has 0 atom stereocenters. The van der Waals surface area contributed by atoms with Crippen LogP contribution >= 0.6 is 15.9 Å². The van der Waals surface area contributed by atoms with Gasteiger partial charge in [0, 0.05) is 4.47 Å². The standard InChI is InChI=1S/C14H9BrFNO/c1-9-4-12(2-3-14(9)16)18-13-6-10(8-17)5-11(15)7-13/h2-7H,1H3. The van der Waals surface area contributed by atoms with Gasteiger partial charge in [-0.15, -0.1) is 0 Å². The maximum atomic E-state index is 13.1. The van der Waals surface area contributed by atoms with Crippen molar-refractivity contribution in [1.82, 2.24) is 0 Å². The SMILES string of the molecule is Cc1cc(Oc2cc(Br)cc(C#N)c2)ccc1F. The largest absolute Gasteiger partial charge is 0.457 e. The normalized spacial score (nSPS) is 9.89. The highest BCUT2D eigenvalue weighted by Crippen LogP contribution is 2.27. The fourth-order valence-electron chi connectivity index (χ4n) is 1.50. The Morgan fingerprint density at radius 2 is 1.94 bits per heavy atom. The van der Waals surface area contributed by atoms with Crippen molar-refractivity contribution < 1.29 is 9.13 Å². The molecular weight excluding hydrogens is 297 g/mol. The van der Waals surface area contributed by atoms with Crippen LogP contribution in [-0.2, 0) is 0 Å². The summed E-state index contributed by atoms with van der Waals surface area (Å²) in [4.78, 5) is 0. The van der Waals surface area contributed by atoms with Crippen LogP contribution in [0.1, 0.15) is 11.1 Å². The summed E-state index contributed by atoms with van der Waals surface area (Å²) in [6.45, 7) is 1.67. The predicted octanol–water partition coefficient (Wildman–Crippen LogP) is 4.56. The van der Waals surface area contributed by atoms with Crippen molar-refractivity contribution in [3.05, 3.63) is 57.8 Å². The molecule has 0 aliphatic carbocycles. The van der Waals surface area contributed by atoms with E-state index in [1.54, 1.807) is 37.3 Å². The minimum atomic E-state index is -0.269. The van der Waals surface area contributed by atoms with Gasteiger partial charge in [0.15, 0.2) is 0 Å². The van der Waals surface area contributed by atoms with Crippen molar-refractivity contribution in [3.8, 4) is 17.6 Å². The van der Waals surface area contributed by atoms with Crippen molar-refractivity contribution in [1.29, 1.82) is 5.26 Å². The molecule has 2 nitrogen and oxygen atoms in total. The third-order valence-electron chi connectivity index (χ3n) is 2.37. The summed E-state index contributed by atoms with van der Waals surface area (Å²) in [5.74, 6) is 0.803. The van der Waals surface area contributed by atoms with Gasteiger partial charge in [-0.25, -0.2) is 4.39 Å². The van der Waals surface area contributed by atoms with Crippen LogP contribution in [0.4, 0.5) is 4.39 Å². The highest BCUT2D eigenvalue weighted by atomic mass is 79.9. The second-order valence-electron chi connectivity index (χ2n) is 3.80. The summed E-state index contributed by atoms with van der Waals surface area (Å²) in [5, 5.41) is 8.86. The summed E-state index contributed by atoms with van der Waals surface area (Å²) in [6.07, 6.45) is 0. The lowest BCUT2D eigenvalue weighted by Crippen LogP contribution is -1.88. The number of hydrogen-bond donors (Lipinski definition) is 0. The van der Waals surface area contributed by atoms with Crippen LogP contribution in [0.15, 0.2) is 40.9 Å².